The molecular formula is C17H27N4O3+. The summed E-state index contributed by atoms with van der Waals surface area (Å²) in [5.41, 5.74) is 2.82. The third-order valence-electron chi connectivity index (χ3n) is 3.61. The molecule has 1 atom stereocenters. The molecule has 3 amide bonds. The van der Waals surface area contributed by atoms with Crippen LogP contribution in [-0.2, 0) is 14.4 Å². The van der Waals surface area contributed by atoms with Gasteiger partial charge >= 0.3 is 0 Å². The lowest BCUT2D eigenvalue weighted by atomic mass is 10.1. The van der Waals surface area contributed by atoms with Crippen molar-refractivity contribution in [1.82, 2.24) is 10.2 Å². The molecular weight excluding hydrogens is 308 g/mol. The van der Waals surface area contributed by atoms with Gasteiger partial charge in [-0.3, -0.25) is 14.4 Å². The van der Waals surface area contributed by atoms with Crippen LogP contribution in [0.25, 0.3) is 0 Å². The zero-order chi connectivity index (χ0) is 18.3. The van der Waals surface area contributed by atoms with Gasteiger partial charge in [0.15, 0.2) is 13.1 Å². The molecule has 0 saturated heterocycles. The molecule has 0 radical (unpaired) electrons. The number of amides is 3. The third-order valence-corrected chi connectivity index (χ3v) is 3.61. The summed E-state index contributed by atoms with van der Waals surface area (Å²) in [5.74, 6) is -0.585. The van der Waals surface area contributed by atoms with Crippen LogP contribution in [0.4, 0.5) is 5.69 Å². The number of para-hydroxylation sites is 1. The van der Waals surface area contributed by atoms with E-state index in [1.54, 1.807) is 21.1 Å². The van der Waals surface area contributed by atoms with Crippen molar-refractivity contribution in [3.05, 3.63) is 29.3 Å². The Hall–Kier alpha value is -2.41. The average molecular weight is 335 g/mol. The van der Waals surface area contributed by atoms with Crippen LogP contribution in [0.2, 0.25) is 0 Å². The maximum absolute atomic E-state index is 12.1. The van der Waals surface area contributed by atoms with Crippen LogP contribution in [-0.4, -0.2) is 63.4 Å². The summed E-state index contributed by atoms with van der Waals surface area (Å²) in [6.45, 7) is 4.14. The van der Waals surface area contributed by atoms with Crippen molar-refractivity contribution in [3.8, 4) is 0 Å². The number of aryl methyl sites for hydroxylation is 2. The first-order valence-corrected chi connectivity index (χ1v) is 7.85. The van der Waals surface area contributed by atoms with Crippen LogP contribution in [0.5, 0.6) is 0 Å². The largest absolute Gasteiger partial charge is 0.347 e. The number of carbonyl (C=O) groups excluding carboxylic acids is 3. The Kier molecular flexibility index (Phi) is 7.38. The quantitative estimate of drug-likeness (QED) is 0.595. The second-order valence-corrected chi connectivity index (χ2v) is 6.19. The minimum absolute atomic E-state index is 0.0340. The number of hydrogen-bond acceptors (Lipinski definition) is 3. The standard InChI is InChI=1S/C17H26N4O3/c1-12-7-6-8-13(2)17(12)19-15(23)11-21(5)10-14(22)18-9-16(24)20(3)4/h6-8H,9-11H2,1-5H3,(H,18,22)(H,19,23)/p+1. The van der Waals surface area contributed by atoms with Crippen molar-refractivity contribution in [2.45, 2.75) is 13.8 Å². The Balaban J connectivity index is 2.44. The van der Waals surface area contributed by atoms with Gasteiger partial charge in [0.05, 0.1) is 13.6 Å². The summed E-state index contributed by atoms with van der Waals surface area (Å²) in [4.78, 5) is 37.5. The number of benzene rings is 1. The highest BCUT2D eigenvalue weighted by Gasteiger charge is 2.16. The highest BCUT2D eigenvalue weighted by Crippen LogP contribution is 2.18. The molecule has 0 fully saturated rings. The van der Waals surface area contributed by atoms with Crippen LogP contribution >= 0.6 is 0 Å². The molecule has 0 saturated carbocycles. The topological polar surface area (TPSA) is 83.0 Å². The Bertz CT molecular complexity index is 594. The second kappa shape index (κ2) is 9.02. The molecule has 1 aromatic rings. The Morgan fingerprint density at radius 3 is 2.12 bits per heavy atom. The molecule has 0 aliphatic carbocycles. The molecule has 0 aliphatic heterocycles. The van der Waals surface area contributed by atoms with E-state index < -0.39 is 0 Å². The zero-order valence-electron chi connectivity index (χ0n) is 15.0. The van der Waals surface area contributed by atoms with Gasteiger partial charge in [-0.15, -0.1) is 0 Å². The number of rotatable bonds is 7. The number of carbonyl (C=O) groups is 3. The first kappa shape index (κ1) is 19.6. The predicted molar refractivity (Wildman–Crippen MR) is 92.9 cm³/mol. The van der Waals surface area contributed by atoms with Crippen LogP contribution in [0, 0.1) is 13.8 Å². The van der Waals surface area contributed by atoms with Crippen molar-refractivity contribution >= 4 is 23.4 Å². The van der Waals surface area contributed by atoms with E-state index in [2.05, 4.69) is 10.6 Å². The number of quaternary nitrogens is 1. The van der Waals surface area contributed by atoms with E-state index in [4.69, 9.17) is 0 Å². The maximum Gasteiger partial charge on any atom is 0.279 e. The van der Waals surface area contributed by atoms with Crippen molar-refractivity contribution in [2.24, 2.45) is 0 Å². The predicted octanol–water partition coefficient (Wildman–Crippen LogP) is -1.04. The SMILES string of the molecule is Cc1cccc(C)c1NC(=O)C[NH+](C)CC(=O)NCC(=O)N(C)C. The lowest BCUT2D eigenvalue weighted by Gasteiger charge is -2.16. The molecule has 0 spiro atoms. The van der Waals surface area contributed by atoms with Gasteiger partial charge in [0.2, 0.25) is 5.91 Å². The molecule has 1 rings (SSSR count). The highest BCUT2D eigenvalue weighted by atomic mass is 16.2. The lowest BCUT2D eigenvalue weighted by molar-refractivity contribution is -0.862. The fraction of sp³-hybridized carbons (Fsp3) is 0.471. The van der Waals surface area contributed by atoms with Crippen LogP contribution in [0.15, 0.2) is 18.2 Å². The molecule has 1 aromatic carbocycles. The van der Waals surface area contributed by atoms with E-state index in [0.717, 1.165) is 21.7 Å². The van der Waals surface area contributed by atoms with Gasteiger partial charge in [-0.1, -0.05) is 18.2 Å². The molecule has 7 heteroatoms. The number of nitrogens with zero attached hydrogens (tertiary/aromatic N) is 1. The number of nitrogens with one attached hydrogen (secondary N) is 3. The van der Waals surface area contributed by atoms with Gasteiger partial charge in [-0.05, 0) is 25.0 Å². The van der Waals surface area contributed by atoms with E-state index in [1.807, 2.05) is 32.0 Å². The van der Waals surface area contributed by atoms with Gasteiger partial charge < -0.3 is 20.4 Å². The van der Waals surface area contributed by atoms with E-state index in [9.17, 15) is 14.4 Å². The van der Waals surface area contributed by atoms with Crippen molar-refractivity contribution in [2.75, 3.05) is 46.1 Å². The summed E-state index contributed by atoms with van der Waals surface area (Å²) in [6.07, 6.45) is 0. The third kappa shape index (κ3) is 6.37. The smallest absolute Gasteiger partial charge is 0.279 e. The Morgan fingerprint density at radius 1 is 1.04 bits per heavy atom. The molecule has 7 nitrogen and oxygen atoms in total. The summed E-state index contributed by atoms with van der Waals surface area (Å²) in [5, 5.41) is 5.45. The normalized spacial score (nSPS) is 11.5. The molecule has 3 N–H and O–H groups in total. The van der Waals surface area contributed by atoms with Crippen molar-refractivity contribution in [3.63, 3.8) is 0 Å². The Morgan fingerprint density at radius 2 is 1.58 bits per heavy atom. The number of anilines is 1. The number of likely N-dealkylation sites (N-methyl/N-ethyl adjacent to an activating group) is 2. The first-order valence-electron chi connectivity index (χ1n) is 7.85. The lowest BCUT2D eigenvalue weighted by Crippen LogP contribution is -3.11. The molecule has 1 unspecified atom stereocenters. The van der Waals surface area contributed by atoms with Gasteiger partial charge in [-0.2, -0.15) is 0 Å². The maximum atomic E-state index is 12.1. The molecule has 0 bridgehead atoms. The first-order chi connectivity index (χ1) is 11.2. The van der Waals surface area contributed by atoms with Crippen LogP contribution < -0.4 is 15.5 Å². The number of hydrogen-bond donors (Lipinski definition) is 3. The molecule has 0 aliphatic rings. The highest BCUT2D eigenvalue weighted by molar-refractivity contribution is 5.93. The zero-order valence-corrected chi connectivity index (χ0v) is 15.0. The van der Waals surface area contributed by atoms with E-state index in [1.165, 1.54) is 4.90 Å². The monoisotopic (exact) mass is 335 g/mol. The summed E-state index contributed by atoms with van der Waals surface area (Å²) in [7, 11) is 5.02. The van der Waals surface area contributed by atoms with E-state index in [-0.39, 0.29) is 37.4 Å². The minimum atomic E-state index is -0.262. The molecule has 24 heavy (non-hydrogen) atoms. The average Bonchev–Trinajstić information content (AvgIpc) is 2.48. The van der Waals surface area contributed by atoms with Crippen LogP contribution in [0.3, 0.4) is 0 Å². The molecule has 0 aromatic heterocycles. The summed E-state index contributed by atoms with van der Waals surface area (Å²) < 4.78 is 0. The molecule has 132 valence electrons. The van der Waals surface area contributed by atoms with E-state index >= 15 is 0 Å². The fourth-order valence-corrected chi connectivity index (χ4v) is 2.20. The Labute approximate surface area is 143 Å². The summed E-state index contributed by atoms with van der Waals surface area (Å²) >= 11 is 0. The van der Waals surface area contributed by atoms with Gasteiger partial charge in [0.1, 0.15) is 0 Å². The van der Waals surface area contributed by atoms with Crippen LogP contribution in [0.1, 0.15) is 11.1 Å². The van der Waals surface area contributed by atoms with Gasteiger partial charge in [0.25, 0.3) is 11.8 Å². The molecule has 0 heterocycles. The van der Waals surface area contributed by atoms with Crippen molar-refractivity contribution < 1.29 is 19.3 Å². The van der Waals surface area contributed by atoms with Gasteiger partial charge in [-0.25, -0.2) is 0 Å². The summed E-state index contributed by atoms with van der Waals surface area (Å²) in [6, 6.07) is 5.82. The van der Waals surface area contributed by atoms with Gasteiger partial charge in [0, 0.05) is 19.8 Å². The fourth-order valence-electron chi connectivity index (χ4n) is 2.20. The second-order valence-electron chi connectivity index (χ2n) is 6.19. The minimum Gasteiger partial charge on any atom is -0.347 e. The van der Waals surface area contributed by atoms with E-state index in [0.29, 0.717) is 0 Å². The van der Waals surface area contributed by atoms with Crippen molar-refractivity contribution in [1.29, 1.82) is 0 Å².